The summed E-state index contributed by atoms with van der Waals surface area (Å²) in [6.07, 6.45) is 0. The Hall–Kier alpha value is -0.700. The molecule has 1 aromatic rings. The van der Waals surface area contributed by atoms with Crippen LogP contribution in [0.3, 0.4) is 0 Å². The van der Waals surface area contributed by atoms with Crippen LogP contribution in [0.2, 0.25) is 0 Å². The number of nitrogens with zero attached hydrogens (tertiary/aromatic N) is 1. The van der Waals surface area contributed by atoms with Crippen LogP contribution in [0.1, 0.15) is 5.69 Å². The Bertz CT molecular complexity index is 175. The molecule has 9 heavy (non-hydrogen) atoms. The molecule has 0 aliphatic rings. The molecule has 3 N–H and O–H groups in total. The van der Waals surface area contributed by atoms with Crippen molar-refractivity contribution < 1.29 is 17.1 Å². The molecule has 1 heterocycles. The Labute approximate surface area is 60.3 Å². The molecule has 52 valence electrons. The van der Waals surface area contributed by atoms with E-state index in [0.717, 1.165) is 11.5 Å². The zero-order chi connectivity index (χ0) is 6.15. The second kappa shape index (κ2) is 2.73. The van der Waals surface area contributed by atoms with Crippen LogP contribution in [0.25, 0.3) is 0 Å². The number of aromatic amines is 1. The highest BCUT2D eigenvalue weighted by atomic mass is 35.5. The topological polar surface area (TPSA) is 45.7 Å². The van der Waals surface area contributed by atoms with Crippen LogP contribution in [0.4, 0.5) is 5.82 Å². The van der Waals surface area contributed by atoms with E-state index in [0.29, 0.717) is 0 Å². The van der Waals surface area contributed by atoms with Crippen LogP contribution >= 0.6 is 0 Å². The van der Waals surface area contributed by atoms with E-state index < -0.39 is 0 Å². The average Bonchev–Trinajstić information content (AvgIpc) is 1.85. The van der Waals surface area contributed by atoms with Gasteiger partial charge >= 0.3 is 0 Å². The number of aromatic nitrogens is 2. The van der Waals surface area contributed by atoms with Gasteiger partial charge in [-0.15, -0.1) is 0 Å². The lowest BCUT2D eigenvalue weighted by molar-refractivity contribution is -0.713. The summed E-state index contributed by atoms with van der Waals surface area (Å²) in [4.78, 5) is 0. The van der Waals surface area contributed by atoms with Crippen LogP contribution in [0.15, 0.2) is 6.07 Å². The van der Waals surface area contributed by atoms with Gasteiger partial charge in [0.05, 0.1) is 11.8 Å². The molecule has 0 aromatic carbocycles. The molecule has 0 unspecified atom stereocenters. The van der Waals surface area contributed by atoms with Gasteiger partial charge in [-0.2, -0.15) is 4.68 Å². The third-order valence-corrected chi connectivity index (χ3v) is 1.10. The van der Waals surface area contributed by atoms with Gasteiger partial charge in [0, 0.05) is 0 Å². The van der Waals surface area contributed by atoms with E-state index in [4.69, 9.17) is 5.73 Å². The fourth-order valence-corrected chi connectivity index (χ4v) is 0.680. The van der Waals surface area contributed by atoms with Crippen molar-refractivity contribution in [2.75, 3.05) is 5.73 Å². The Morgan fingerprint density at radius 2 is 2.22 bits per heavy atom. The fourth-order valence-electron chi connectivity index (χ4n) is 0.680. The van der Waals surface area contributed by atoms with Gasteiger partial charge in [0.15, 0.2) is 0 Å². The van der Waals surface area contributed by atoms with Gasteiger partial charge in [0.25, 0.3) is 5.82 Å². The lowest BCUT2D eigenvalue weighted by Gasteiger charge is -1.80. The van der Waals surface area contributed by atoms with Crippen LogP contribution in [0, 0.1) is 6.92 Å². The number of rotatable bonds is 0. The number of hydrogen-bond acceptors (Lipinski definition) is 1. The Balaban J connectivity index is 0.000000640. The molecule has 0 saturated heterocycles. The van der Waals surface area contributed by atoms with Gasteiger partial charge in [0.2, 0.25) is 0 Å². The molecule has 0 aliphatic heterocycles. The molecule has 1 aromatic heterocycles. The first-order valence-electron chi connectivity index (χ1n) is 2.51. The summed E-state index contributed by atoms with van der Waals surface area (Å²) in [5.74, 6) is 0.766. The first-order valence-corrected chi connectivity index (χ1v) is 2.51. The standard InChI is InChI=1S/C5H9N3.ClH/c1-4-3-5(6)8(2)7-4;/h3H,1-2H3,(H2,6,7);1H. The summed E-state index contributed by atoms with van der Waals surface area (Å²) in [5.41, 5.74) is 6.56. The molecule has 4 heteroatoms. The minimum atomic E-state index is 0. The van der Waals surface area contributed by atoms with Gasteiger partial charge in [-0.1, -0.05) is 0 Å². The normalized spacial score (nSPS) is 8.67. The predicted octanol–water partition coefficient (Wildman–Crippen LogP) is -3.27. The third-order valence-electron chi connectivity index (χ3n) is 1.10. The van der Waals surface area contributed by atoms with E-state index in [1.54, 1.807) is 4.68 Å². The quantitative estimate of drug-likeness (QED) is 0.372. The first kappa shape index (κ1) is 8.30. The number of nitrogens with one attached hydrogen (secondary N) is 1. The number of aryl methyl sites for hydroxylation is 2. The lowest BCUT2D eigenvalue weighted by Crippen LogP contribution is -3.00. The Morgan fingerprint density at radius 3 is 2.33 bits per heavy atom. The van der Waals surface area contributed by atoms with Crippen LogP contribution < -0.4 is 22.8 Å². The van der Waals surface area contributed by atoms with E-state index in [-0.39, 0.29) is 12.4 Å². The molecule has 0 amide bonds. The van der Waals surface area contributed by atoms with E-state index in [1.165, 1.54) is 0 Å². The maximum Gasteiger partial charge on any atom is 0.292 e. The van der Waals surface area contributed by atoms with E-state index in [1.807, 2.05) is 20.0 Å². The van der Waals surface area contributed by atoms with E-state index in [9.17, 15) is 0 Å². The Morgan fingerprint density at radius 1 is 1.67 bits per heavy atom. The molecule has 0 fully saturated rings. The molecule has 0 spiro atoms. The molecule has 0 radical (unpaired) electrons. The van der Waals surface area contributed by atoms with Crippen LogP contribution in [0.5, 0.6) is 0 Å². The van der Waals surface area contributed by atoms with Crippen molar-refractivity contribution in [3.63, 3.8) is 0 Å². The number of nitrogens with two attached hydrogens (primary N) is 1. The summed E-state index contributed by atoms with van der Waals surface area (Å²) < 4.78 is 1.77. The molecule has 0 atom stereocenters. The van der Waals surface area contributed by atoms with Crippen LogP contribution in [-0.2, 0) is 7.05 Å². The average molecular weight is 148 g/mol. The van der Waals surface area contributed by atoms with Crippen molar-refractivity contribution in [2.24, 2.45) is 7.05 Å². The van der Waals surface area contributed by atoms with Crippen molar-refractivity contribution in [1.29, 1.82) is 0 Å². The molecular weight excluding hydrogens is 138 g/mol. The fraction of sp³-hybridized carbons (Fsp3) is 0.400. The minimum absolute atomic E-state index is 0. The van der Waals surface area contributed by atoms with Gasteiger partial charge in [0.1, 0.15) is 7.05 Å². The molecule has 0 aliphatic carbocycles. The predicted molar refractivity (Wildman–Crippen MR) is 31.1 cm³/mol. The second-order valence-corrected chi connectivity index (χ2v) is 1.92. The van der Waals surface area contributed by atoms with Gasteiger partial charge in [-0.05, 0) is 6.92 Å². The van der Waals surface area contributed by atoms with Crippen molar-refractivity contribution >= 4 is 5.82 Å². The third kappa shape index (κ3) is 1.61. The van der Waals surface area contributed by atoms with Crippen molar-refractivity contribution in [2.45, 2.75) is 6.92 Å². The van der Waals surface area contributed by atoms with Crippen LogP contribution in [-0.4, -0.2) is 5.10 Å². The zero-order valence-electron chi connectivity index (χ0n) is 5.48. The van der Waals surface area contributed by atoms with Crippen molar-refractivity contribution in [3.8, 4) is 0 Å². The monoisotopic (exact) mass is 147 g/mol. The molecule has 1 rings (SSSR count). The number of nitrogen functional groups attached to an aromatic ring is 1. The number of halogens is 1. The summed E-state index contributed by atoms with van der Waals surface area (Å²) in [7, 11) is 1.88. The largest absolute Gasteiger partial charge is 1.00 e. The van der Waals surface area contributed by atoms with Gasteiger partial charge in [-0.3, -0.25) is 5.73 Å². The van der Waals surface area contributed by atoms with E-state index >= 15 is 0 Å². The highest BCUT2D eigenvalue weighted by Crippen LogP contribution is 1.92. The summed E-state index contributed by atoms with van der Waals surface area (Å²) >= 11 is 0. The zero-order valence-corrected chi connectivity index (χ0v) is 6.24. The molecule has 0 saturated carbocycles. The summed E-state index contributed by atoms with van der Waals surface area (Å²) in [5, 5.41) is 3.00. The highest BCUT2D eigenvalue weighted by molar-refractivity contribution is 5.21. The minimum Gasteiger partial charge on any atom is -1.00 e. The highest BCUT2D eigenvalue weighted by Gasteiger charge is 1.99. The Kier molecular flexibility index (Phi) is 2.52. The number of hydrogen-bond donors (Lipinski definition) is 2. The van der Waals surface area contributed by atoms with Crippen molar-refractivity contribution in [3.05, 3.63) is 11.8 Å². The maximum absolute atomic E-state index is 5.47. The van der Waals surface area contributed by atoms with Gasteiger partial charge in [-0.25, -0.2) is 5.10 Å². The second-order valence-electron chi connectivity index (χ2n) is 1.92. The molecule has 3 nitrogen and oxygen atoms in total. The first-order chi connectivity index (χ1) is 3.70. The van der Waals surface area contributed by atoms with E-state index in [2.05, 4.69) is 5.10 Å². The lowest BCUT2D eigenvalue weighted by atomic mass is 10.5. The SMILES string of the molecule is Cc1cc(N)[n+](C)[nH]1.[Cl-]. The van der Waals surface area contributed by atoms with Crippen molar-refractivity contribution in [1.82, 2.24) is 5.10 Å². The summed E-state index contributed by atoms with van der Waals surface area (Å²) in [6.45, 7) is 1.97. The van der Waals surface area contributed by atoms with Gasteiger partial charge < -0.3 is 12.4 Å². The number of anilines is 1. The molecular formula is C5H10ClN3. The molecule has 0 bridgehead atoms. The maximum atomic E-state index is 5.47. The summed E-state index contributed by atoms with van der Waals surface area (Å²) in [6, 6.07) is 1.89. The number of H-pyrrole nitrogens is 1. The smallest absolute Gasteiger partial charge is 0.292 e.